The van der Waals surface area contributed by atoms with Crippen molar-refractivity contribution in [1.29, 1.82) is 0 Å². The van der Waals surface area contributed by atoms with Gasteiger partial charge in [0.05, 0.1) is 0 Å². The van der Waals surface area contributed by atoms with Crippen molar-refractivity contribution in [3.05, 3.63) is 29.3 Å². The Morgan fingerprint density at radius 2 is 1.88 bits per heavy atom. The number of carbonyl (C=O) groups is 2. The lowest BCUT2D eigenvalue weighted by Crippen LogP contribution is -2.45. The number of ether oxygens (including phenoxy) is 2. The maximum Gasteiger partial charge on any atom is 0.344 e. The summed E-state index contributed by atoms with van der Waals surface area (Å²) in [5, 5.41) is 2.98. The second-order valence-electron chi connectivity index (χ2n) is 7.14. The second kappa shape index (κ2) is 8.88. The first-order valence-electron chi connectivity index (χ1n) is 9.02. The Labute approximate surface area is 150 Å². The minimum Gasteiger partial charge on any atom is -0.482 e. The zero-order valence-electron chi connectivity index (χ0n) is 15.6. The van der Waals surface area contributed by atoms with E-state index in [1.807, 2.05) is 32.0 Å². The molecule has 1 saturated carbocycles. The van der Waals surface area contributed by atoms with Crippen LogP contribution >= 0.6 is 0 Å². The van der Waals surface area contributed by atoms with Crippen molar-refractivity contribution in [2.24, 2.45) is 11.8 Å². The molecule has 1 fully saturated rings. The molecule has 0 bridgehead atoms. The summed E-state index contributed by atoms with van der Waals surface area (Å²) in [5.74, 6) is 0.882. The van der Waals surface area contributed by atoms with E-state index in [1.165, 1.54) is 6.42 Å². The van der Waals surface area contributed by atoms with E-state index >= 15 is 0 Å². The Morgan fingerprint density at radius 1 is 1.12 bits per heavy atom. The van der Waals surface area contributed by atoms with E-state index in [1.54, 1.807) is 0 Å². The normalized spacial score (nSPS) is 23.0. The number of hydrogen-bond acceptors (Lipinski definition) is 4. The molecule has 0 aliphatic heterocycles. The molecule has 1 aromatic rings. The maximum atomic E-state index is 12.0. The van der Waals surface area contributed by atoms with Gasteiger partial charge in [0.2, 0.25) is 0 Å². The lowest BCUT2D eigenvalue weighted by Gasteiger charge is -2.34. The van der Waals surface area contributed by atoms with Gasteiger partial charge in [0.25, 0.3) is 5.91 Å². The van der Waals surface area contributed by atoms with Crippen LogP contribution in [0.2, 0.25) is 0 Å². The smallest absolute Gasteiger partial charge is 0.344 e. The quantitative estimate of drug-likeness (QED) is 0.803. The summed E-state index contributed by atoms with van der Waals surface area (Å²) in [6.45, 7) is 7.92. The summed E-state index contributed by atoms with van der Waals surface area (Å²) in [6.07, 6.45) is 3.32. The largest absolute Gasteiger partial charge is 0.482 e. The molecule has 0 saturated heterocycles. The molecule has 0 spiro atoms. The molecule has 25 heavy (non-hydrogen) atoms. The molecule has 5 nitrogen and oxygen atoms in total. The van der Waals surface area contributed by atoms with Gasteiger partial charge in [-0.25, -0.2) is 4.79 Å². The Kier molecular flexibility index (Phi) is 6.85. The van der Waals surface area contributed by atoms with E-state index < -0.39 is 5.97 Å². The van der Waals surface area contributed by atoms with Gasteiger partial charge in [-0.05, 0) is 55.4 Å². The summed E-state index contributed by atoms with van der Waals surface area (Å²) in [4.78, 5) is 23.7. The standard InChI is InChI=1S/C20H29NO4/c1-13-8-9-17(10-15(13)3)24-12-20(23)25-11-19(22)21-18-7-5-6-14(2)16(18)4/h8-10,14,16,18H,5-7,11-12H2,1-4H3,(H,21,22)/t14-,16-,18-/m1/s1. The highest BCUT2D eigenvalue weighted by atomic mass is 16.6. The Morgan fingerprint density at radius 3 is 2.60 bits per heavy atom. The van der Waals surface area contributed by atoms with Crippen LogP contribution in [0.25, 0.3) is 0 Å². The van der Waals surface area contributed by atoms with Crippen molar-refractivity contribution in [1.82, 2.24) is 5.32 Å². The third-order valence-corrected chi connectivity index (χ3v) is 5.25. The highest BCUT2D eigenvalue weighted by molar-refractivity contribution is 5.81. The Hall–Kier alpha value is -2.04. The van der Waals surface area contributed by atoms with Crippen LogP contribution in [0.5, 0.6) is 5.75 Å². The first-order valence-corrected chi connectivity index (χ1v) is 9.02. The van der Waals surface area contributed by atoms with Crippen molar-refractivity contribution >= 4 is 11.9 Å². The SMILES string of the molecule is Cc1ccc(OCC(=O)OCC(=O)N[C@@H]2CCC[C@@H](C)[C@H]2C)cc1C. The number of esters is 1. The number of carbonyl (C=O) groups excluding carboxylic acids is 2. The molecule has 1 aliphatic carbocycles. The minimum atomic E-state index is -0.543. The number of hydrogen-bond donors (Lipinski definition) is 1. The summed E-state index contributed by atoms with van der Waals surface area (Å²) < 4.78 is 10.4. The monoisotopic (exact) mass is 347 g/mol. The first kappa shape index (κ1) is 19.3. The fourth-order valence-electron chi connectivity index (χ4n) is 3.17. The van der Waals surface area contributed by atoms with Crippen molar-refractivity contribution in [2.75, 3.05) is 13.2 Å². The van der Waals surface area contributed by atoms with Gasteiger partial charge >= 0.3 is 5.97 Å². The van der Waals surface area contributed by atoms with Gasteiger partial charge in [0, 0.05) is 6.04 Å². The molecule has 0 radical (unpaired) electrons. The van der Waals surface area contributed by atoms with Crippen molar-refractivity contribution in [3.8, 4) is 5.75 Å². The molecule has 2 rings (SSSR count). The van der Waals surface area contributed by atoms with Gasteiger partial charge < -0.3 is 14.8 Å². The van der Waals surface area contributed by atoms with Crippen molar-refractivity contribution in [3.63, 3.8) is 0 Å². The molecule has 3 atom stereocenters. The maximum absolute atomic E-state index is 12.0. The topological polar surface area (TPSA) is 64.6 Å². The lowest BCUT2D eigenvalue weighted by molar-refractivity contribution is -0.150. The zero-order chi connectivity index (χ0) is 18.4. The van der Waals surface area contributed by atoms with E-state index in [4.69, 9.17) is 9.47 Å². The summed E-state index contributed by atoms with van der Waals surface area (Å²) in [5.41, 5.74) is 2.26. The molecule has 138 valence electrons. The van der Waals surface area contributed by atoms with E-state index in [-0.39, 0.29) is 25.2 Å². The Balaban J connectivity index is 1.70. The third kappa shape index (κ3) is 5.76. The zero-order valence-corrected chi connectivity index (χ0v) is 15.6. The molecule has 0 heterocycles. The van der Waals surface area contributed by atoms with Gasteiger partial charge in [-0.2, -0.15) is 0 Å². The highest BCUT2D eigenvalue weighted by Gasteiger charge is 2.28. The molecule has 5 heteroatoms. The number of benzene rings is 1. The molecule has 0 unspecified atom stereocenters. The average Bonchev–Trinajstić information content (AvgIpc) is 2.58. The second-order valence-corrected chi connectivity index (χ2v) is 7.14. The van der Waals surface area contributed by atoms with E-state index in [9.17, 15) is 9.59 Å². The van der Waals surface area contributed by atoms with Gasteiger partial charge in [0.1, 0.15) is 5.75 Å². The first-order chi connectivity index (χ1) is 11.9. The van der Waals surface area contributed by atoms with Crippen LogP contribution in [0.4, 0.5) is 0 Å². The lowest BCUT2D eigenvalue weighted by atomic mass is 9.78. The summed E-state index contributed by atoms with van der Waals surface area (Å²) in [6, 6.07) is 5.80. The molecular formula is C20H29NO4. The van der Waals surface area contributed by atoms with Gasteiger partial charge in [-0.15, -0.1) is 0 Å². The van der Waals surface area contributed by atoms with Gasteiger partial charge in [-0.1, -0.05) is 32.8 Å². The average molecular weight is 347 g/mol. The van der Waals surface area contributed by atoms with Gasteiger partial charge in [-0.3, -0.25) is 4.79 Å². The van der Waals surface area contributed by atoms with Crippen LogP contribution in [-0.2, 0) is 14.3 Å². The molecule has 0 aromatic heterocycles. The molecule has 1 aromatic carbocycles. The fraction of sp³-hybridized carbons (Fsp3) is 0.600. The predicted molar refractivity (Wildman–Crippen MR) is 96.5 cm³/mol. The van der Waals surface area contributed by atoms with Crippen LogP contribution in [0.3, 0.4) is 0 Å². The molecule has 1 amide bonds. The van der Waals surface area contributed by atoms with Crippen LogP contribution in [-0.4, -0.2) is 31.1 Å². The molecular weight excluding hydrogens is 318 g/mol. The van der Waals surface area contributed by atoms with E-state index in [0.29, 0.717) is 17.6 Å². The number of nitrogens with one attached hydrogen (secondary N) is 1. The molecule has 1 aliphatic rings. The number of amides is 1. The van der Waals surface area contributed by atoms with Crippen molar-refractivity contribution in [2.45, 2.75) is 53.0 Å². The third-order valence-electron chi connectivity index (χ3n) is 5.25. The number of aryl methyl sites for hydroxylation is 2. The van der Waals surface area contributed by atoms with E-state index in [2.05, 4.69) is 19.2 Å². The fourth-order valence-corrected chi connectivity index (χ4v) is 3.17. The Bertz CT molecular complexity index is 614. The highest BCUT2D eigenvalue weighted by Crippen LogP contribution is 2.29. The molecule has 1 N–H and O–H groups in total. The number of rotatable bonds is 6. The summed E-state index contributed by atoms with van der Waals surface area (Å²) in [7, 11) is 0. The minimum absolute atomic E-state index is 0.168. The van der Waals surface area contributed by atoms with E-state index in [0.717, 1.165) is 24.0 Å². The van der Waals surface area contributed by atoms with Crippen molar-refractivity contribution < 1.29 is 19.1 Å². The van der Waals surface area contributed by atoms with Crippen LogP contribution < -0.4 is 10.1 Å². The van der Waals surface area contributed by atoms with Crippen LogP contribution in [0.1, 0.15) is 44.2 Å². The van der Waals surface area contributed by atoms with Crippen LogP contribution in [0, 0.1) is 25.7 Å². The summed E-state index contributed by atoms with van der Waals surface area (Å²) >= 11 is 0. The van der Waals surface area contributed by atoms with Crippen LogP contribution in [0.15, 0.2) is 18.2 Å². The predicted octanol–water partition coefficient (Wildman–Crippen LogP) is 3.17. The van der Waals surface area contributed by atoms with Gasteiger partial charge in [0.15, 0.2) is 13.2 Å².